The van der Waals surface area contributed by atoms with Crippen LogP contribution < -0.4 is 5.32 Å². The first-order valence-corrected chi connectivity index (χ1v) is 5.24. The van der Waals surface area contributed by atoms with E-state index >= 15 is 0 Å². The van der Waals surface area contributed by atoms with Crippen molar-refractivity contribution in [3.8, 4) is 6.07 Å². The van der Waals surface area contributed by atoms with Gasteiger partial charge in [-0.25, -0.2) is 4.98 Å². The van der Waals surface area contributed by atoms with Crippen molar-refractivity contribution in [3.63, 3.8) is 0 Å². The van der Waals surface area contributed by atoms with Crippen molar-refractivity contribution in [3.05, 3.63) is 40.2 Å². The molecule has 1 N–H and O–H groups in total. The second-order valence-electron chi connectivity index (χ2n) is 3.47. The monoisotopic (exact) mass is 260 g/mol. The van der Waals surface area contributed by atoms with Gasteiger partial charge in [0, 0.05) is 19.0 Å². The lowest BCUT2D eigenvalue weighted by atomic mass is 10.2. The van der Waals surface area contributed by atoms with Gasteiger partial charge in [0.2, 0.25) is 5.89 Å². The first-order chi connectivity index (χ1) is 9.20. The Hall–Kier alpha value is -3.02. The molecule has 9 heteroatoms. The van der Waals surface area contributed by atoms with Gasteiger partial charge in [-0.2, -0.15) is 10.2 Å². The smallest absolute Gasteiger partial charge is 0.289 e. The average molecular weight is 260 g/mol. The Labute approximate surface area is 107 Å². The van der Waals surface area contributed by atoms with E-state index in [0.29, 0.717) is 18.9 Å². The summed E-state index contributed by atoms with van der Waals surface area (Å²) < 4.78 is 4.80. The molecule has 0 aliphatic carbocycles. The first-order valence-electron chi connectivity index (χ1n) is 5.24. The van der Waals surface area contributed by atoms with E-state index in [0.717, 1.165) is 6.20 Å². The molecule has 2 aromatic rings. The maximum absolute atomic E-state index is 10.6. The number of anilines is 1. The van der Waals surface area contributed by atoms with Gasteiger partial charge in [-0.05, 0) is 0 Å². The third-order valence-electron chi connectivity index (χ3n) is 2.24. The summed E-state index contributed by atoms with van der Waals surface area (Å²) in [6.07, 6.45) is 2.85. The van der Waals surface area contributed by atoms with E-state index in [1.165, 1.54) is 12.4 Å². The van der Waals surface area contributed by atoms with Crippen molar-refractivity contribution in [2.45, 2.75) is 6.42 Å². The van der Waals surface area contributed by atoms with Crippen LogP contribution in [-0.4, -0.2) is 26.6 Å². The topological polar surface area (TPSA) is 131 Å². The predicted molar refractivity (Wildman–Crippen MR) is 62.1 cm³/mol. The zero-order valence-corrected chi connectivity index (χ0v) is 9.61. The van der Waals surface area contributed by atoms with Crippen molar-refractivity contribution < 1.29 is 9.45 Å². The average Bonchev–Trinajstić information content (AvgIpc) is 2.92. The number of hydrogen-bond donors (Lipinski definition) is 1. The molecule has 19 heavy (non-hydrogen) atoms. The van der Waals surface area contributed by atoms with Crippen molar-refractivity contribution in [1.29, 1.82) is 5.26 Å². The van der Waals surface area contributed by atoms with Gasteiger partial charge < -0.3 is 9.84 Å². The Morgan fingerprint density at radius 3 is 3.00 bits per heavy atom. The number of hydrogen-bond acceptors (Lipinski definition) is 8. The molecule has 2 rings (SSSR count). The molecule has 0 aliphatic heterocycles. The lowest BCUT2D eigenvalue weighted by Crippen LogP contribution is -2.08. The molecule has 0 atom stereocenters. The summed E-state index contributed by atoms with van der Waals surface area (Å²) in [7, 11) is 0. The number of aromatic nitrogens is 3. The molecule has 0 spiro atoms. The summed E-state index contributed by atoms with van der Waals surface area (Å²) in [5.41, 5.74) is -0.112. The highest BCUT2D eigenvalue weighted by molar-refractivity contribution is 5.55. The van der Waals surface area contributed by atoms with Crippen LogP contribution in [0.2, 0.25) is 0 Å². The van der Waals surface area contributed by atoms with Crippen LogP contribution in [0.5, 0.6) is 0 Å². The Morgan fingerprint density at radius 1 is 1.53 bits per heavy atom. The highest BCUT2D eigenvalue weighted by atomic mass is 16.6. The molecule has 0 fully saturated rings. The van der Waals surface area contributed by atoms with E-state index in [1.54, 1.807) is 0 Å². The molecule has 0 saturated carbocycles. The molecule has 0 amide bonds. The Morgan fingerprint density at radius 2 is 2.37 bits per heavy atom. The van der Waals surface area contributed by atoms with Crippen LogP contribution in [0.1, 0.15) is 11.5 Å². The van der Waals surface area contributed by atoms with Crippen LogP contribution in [-0.2, 0) is 6.42 Å². The molecule has 0 saturated heterocycles. The molecular weight excluding hydrogens is 252 g/mol. The molecule has 0 unspecified atom stereocenters. The maximum Gasteiger partial charge on any atom is 0.289 e. The fourth-order valence-electron chi connectivity index (χ4n) is 1.37. The summed E-state index contributed by atoms with van der Waals surface area (Å²) >= 11 is 0. The van der Waals surface area contributed by atoms with Crippen LogP contribution in [0.3, 0.4) is 0 Å². The van der Waals surface area contributed by atoms with Crippen LogP contribution >= 0.6 is 0 Å². The fraction of sp³-hybridized carbons (Fsp3) is 0.200. The fourth-order valence-corrected chi connectivity index (χ4v) is 1.37. The van der Waals surface area contributed by atoms with Gasteiger partial charge in [0.25, 0.3) is 5.69 Å². The minimum absolute atomic E-state index is 0.111. The summed E-state index contributed by atoms with van der Waals surface area (Å²) in [6.45, 7) is 0.418. The van der Waals surface area contributed by atoms with E-state index < -0.39 is 4.92 Å². The first kappa shape index (κ1) is 12.4. The van der Waals surface area contributed by atoms with Gasteiger partial charge in [0.15, 0.2) is 6.33 Å². The van der Waals surface area contributed by atoms with E-state index in [9.17, 15) is 10.1 Å². The molecule has 2 aromatic heterocycles. The highest BCUT2D eigenvalue weighted by Gasteiger charge is 2.12. The quantitative estimate of drug-likeness (QED) is 0.619. The van der Waals surface area contributed by atoms with Crippen molar-refractivity contribution in [2.75, 3.05) is 11.9 Å². The molecule has 0 aromatic carbocycles. The number of nitriles is 1. The largest absolute Gasteiger partial charge is 0.368 e. The third-order valence-corrected chi connectivity index (χ3v) is 2.24. The van der Waals surface area contributed by atoms with Crippen LogP contribution in [0.4, 0.5) is 11.5 Å². The maximum atomic E-state index is 10.6. The molecule has 0 radical (unpaired) electrons. The molecule has 0 aliphatic rings. The second-order valence-corrected chi connectivity index (χ2v) is 3.47. The summed E-state index contributed by atoms with van der Waals surface area (Å²) in [5, 5.41) is 25.8. The molecule has 0 bridgehead atoms. The van der Waals surface area contributed by atoms with Crippen LogP contribution in [0.25, 0.3) is 0 Å². The summed E-state index contributed by atoms with van der Waals surface area (Å²) in [6, 6.07) is 3.02. The van der Waals surface area contributed by atoms with Crippen LogP contribution in [0.15, 0.2) is 23.1 Å². The minimum Gasteiger partial charge on any atom is -0.368 e. The third kappa shape index (κ3) is 3.01. The zero-order valence-electron chi connectivity index (χ0n) is 9.61. The zero-order chi connectivity index (χ0) is 13.7. The van der Waals surface area contributed by atoms with Crippen molar-refractivity contribution in [2.24, 2.45) is 0 Å². The van der Waals surface area contributed by atoms with Crippen molar-refractivity contribution >= 4 is 11.5 Å². The Balaban J connectivity index is 2.04. The lowest BCUT2D eigenvalue weighted by Gasteiger charge is -2.04. The molecular formula is C10H8N6O3. The lowest BCUT2D eigenvalue weighted by molar-refractivity contribution is -0.385. The Bertz CT molecular complexity index is 619. The number of rotatable bonds is 5. The normalized spacial score (nSPS) is 9.84. The predicted octanol–water partition coefficient (Wildman–Crippen LogP) is 0.899. The van der Waals surface area contributed by atoms with E-state index in [-0.39, 0.29) is 17.1 Å². The Kier molecular flexibility index (Phi) is 3.63. The molecule has 9 nitrogen and oxygen atoms in total. The van der Waals surface area contributed by atoms with Gasteiger partial charge in [-0.3, -0.25) is 10.1 Å². The molecule has 96 valence electrons. The van der Waals surface area contributed by atoms with Gasteiger partial charge >= 0.3 is 0 Å². The number of nitro groups is 1. The van der Waals surface area contributed by atoms with E-state index in [1.807, 2.05) is 6.07 Å². The van der Waals surface area contributed by atoms with E-state index in [2.05, 4.69) is 20.4 Å². The minimum atomic E-state index is -0.601. The summed E-state index contributed by atoms with van der Waals surface area (Å²) in [4.78, 5) is 17.6. The van der Waals surface area contributed by atoms with E-state index in [4.69, 9.17) is 9.78 Å². The number of nitrogens with zero attached hydrogens (tertiary/aromatic N) is 5. The summed E-state index contributed by atoms with van der Waals surface area (Å²) in [5.74, 6) is 0.737. The van der Waals surface area contributed by atoms with Crippen LogP contribution in [0, 0.1) is 21.4 Å². The van der Waals surface area contributed by atoms with Gasteiger partial charge in [-0.1, -0.05) is 5.16 Å². The standard InChI is InChI=1S/C10H8N6O3/c11-4-7-3-8(16(17)18)5-13-10(7)12-2-1-9-14-6-15-19-9/h3,5-6H,1-2H2,(H,12,13). The van der Waals surface area contributed by atoms with Gasteiger partial charge in [-0.15, -0.1) is 0 Å². The number of pyridine rings is 1. The molecule has 2 heterocycles. The second kappa shape index (κ2) is 5.54. The van der Waals surface area contributed by atoms with Gasteiger partial charge in [0.05, 0.1) is 4.92 Å². The van der Waals surface area contributed by atoms with Gasteiger partial charge in [0.1, 0.15) is 23.6 Å². The number of nitrogens with one attached hydrogen (secondary N) is 1. The SMILES string of the molecule is N#Cc1cc([N+](=O)[O-])cnc1NCCc1ncno1. The highest BCUT2D eigenvalue weighted by Crippen LogP contribution is 2.17. The van der Waals surface area contributed by atoms with Crippen molar-refractivity contribution in [1.82, 2.24) is 15.1 Å².